The molecule has 1 aromatic heterocycles. The third-order valence-corrected chi connectivity index (χ3v) is 3.93. The van der Waals surface area contributed by atoms with Crippen LogP contribution in [0, 0.1) is 0 Å². The Kier molecular flexibility index (Phi) is 4.26. The van der Waals surface area contributed by atoms with Crippen molar-refractivity contribution in [3.8, 4) is 5.75 Å². The van der Waals surface area contributed by atoms with Gasteiger partial charge in [-0.2, -0.15) is 0 Å². The van der Waals surface area contributed by atoms with Gasteiger partial charge in [0.15, 0.2) is 0 Å². The van der Waals surface area contributed by atoms with Crippen LogP contribution in [0.1, 0.15) is 0 Å². The summed E-state index contributed by atoms with van der Waals surface area (Å²) in [5.41, 5.74) is 0.743. The van der Waals surface area contributed by atoms with Crippen molar-refractivity contribution < 1.29 is 29.9 Å². The van der Waals surface area contributed by atoms with Gasteiger partial charge in [0.2, 0.25) is 6.29 Å². The molecule has 120 valence electrons. The third-order valence-electron chi connectivity index (χ3n) is 3.70. The van der Waals surface area contributed by atoms with Crippen LogP contribution in [-0.4, -0.2) is 62.7 Å². The van der Waals surface area contributed by atoms with E-state index in [0.717, 1.165) is 10.9 Å². The Hall–Kier alpha value is -1.35. The lowest BCUT2D eigenvalue weighted by molar-refractivity contribution is -0.277. The molecule has 22 heavy (non-hydrogen) atoms. The molecular formula is C14H16ClNO6. The van der Waals surface area contributed by atoms with Crippen LogP contribution in [0.5, 0.6) is 5.75 Å². The summed E-state index contributed by atoms with van der Waals surface area (Å²) in [6.07, 6.45) is -5.00. The fourth-order valence-electron chi connectivity index (χ4n) is 2.46. The number of aromatic amines is 1. The van der Waals surface area contributed by atoms with Crippen LogP contribution in [0.2, 0.25) is 5.02 Å². The Labute approximate surface area is 130 Å². The number of aliphatic hydroxyl groups is 4. The molecule has 5 N–H and O–H groups in total. The van der Waals surface area contributed by atoms with Crippen molar-refractivity contribution in [1.82, 2.24) is 4.98 Å². The molecule has 2 aromatic rings. The molecule has 1 aliphatic rings. The standard InChI is InChI=1S/C14H16ClNO6/c15-6-1-2-7-8(3-6)16-4-9(7)21-14-13(20)12(19)11(18)10(5-17)22-14/h1-4,10-14,16-20H,5H2/t10-,11+,12+,13+,14-/m0/s1. The molecule has 1 saturated heterocycles. The summed E-state index contributed by atoms with van der Waals surface area (Å²) in [7, 11) is 0. The molecule has 1 aromatic carbocycles. The second-order valence-corrected chi connectivity index (χ2v) is 5.59. The minimum absolute atomic E-state index is 0.399. The zero-order valence-corrected chi connectivity index (χ0v) is 12.1. The van der Waals surface area contributed by atoms with Gasteiger partial charge in [0.05, 0.1) is 12.1 Å². The molecule has 1 fully saturated rings. The lowest BCUT2D eigenvalue weighted by Crippen LogP contribution is -2.60. The highest BCUT2D eigenvalue weighted by Gasteiger charge is 2.44. The number of rotatable bonds is 3. The zero-order valence-electron chi connectivity index (χ0n) is 11.4. The molecule has 7 nitrogen and oxygen atoms in total. The van der Waals surface area contributed by atoms with E-state index in [4.69, 9.17) is 26.2 Å². The quantitative estimate of drug-likeness (QED) is 0.541. The van der Waals surface area contributed by atoms with Gasteiger partial charge in [-0.05, 0) is 18.2 Å². The predicted molar refractivity (Wildman–Crippen MR) is 77.7 cm³/mol. The van der Waals surface area contributed by atoms with Crippen LogP contribution in [0.3, 0.4) is 0 Å². The highest BCUT2D eigenvalue weighted by molar-refractivity contribution is 6.31. The molecule has 0 aliphatic carbocycles. The van der Waals surface area contributed by atoms with E-state index in [1.807, 2.05) is 0 Å². The second kappa shape index (κ2) is 6.04. The number of ether oxygens (including phenoxy) is 2. The van der Waals surface area contributed by atoms with Gasteiger partial charge in [0.25, 0.3) is 0 Å². The first-order valence-corrected chi connectivity index (χ1v) is 7.13. The Bertz CT molecular complexity index is 660. The van der Waals surface area contributed by atoms with E-state index in [1.54, 1.807) is 24.4 Å². The van der Waals surface area contributed by atoms with Crippen molar-refractivity contribution in [2.24, 2.45) is 0 Å². The van der Waals surface area contributed by atoms with E-state index in [2.05, 4.69) is 4.98 Å². The van der Waals surface area contributed by atoms with Crippen molar-refractivity contribution in [3.63, 3.8) is 0 Å². The van der Waals surface area contributed by atoms with Crippen molar-refractivity contribution in [1.29, 1.82) is 0 Å². The molecule has 1 aliphatic heterocycles. The molecule has 0 bridgehead atoms. The number of nitrogens with one attached hydrogen (secondary N) is 1. The Morgan fingerprint density at radius 3 is 2.68 bits per heavy atom. The lowest BCUT2D eigenvalue weighted by Gasteiger charge is -2.39. The Balaban J connectivity index is 1.84. The average molecular weight is 330 g/mol. The first-order valence-electron chi connectivity index (χ1n) is 6.75. The monoisotopic (exact) mass is 329 g/mol. The number of H-pyrrole nitrogens is 1. The van der Waals surface area contributed by atoms with Gasteiger partial charge in [-0.3, -0.25) is 0 Å². The van der Waals surface area contributed by atoms with E-state index in [9.17, 15) is 15.3 Å². The highest BCUT2D eigenvalue weighted by atomic mass is 35.5. The lowest BCUT2D eigenvalue weighted by atomic mass is 9.99. The van der Waals surface area contributed by atoms with Crippen LogP contribution in [0.4, 0.5) is 0 Å². The van der Waals surface area contributed by atoms with Crippen LogP contribution in [0.25, 0.3) is 10.9 Å². The largest absolute Gasteiger partial charge is 0.460 e. The maximum atomic E-state index is 9.96. The van der Waals surface area contributed by atoms with Crippen molar-refractivity contribution in [3.05, 3.63) is 29.4 Å². The van der Waals surface area contributed by atoms with E-state index in [1.165, 1.54) is 0 Å². The smallest absolute Gasteiger partial charge is 0.229 e. The van der Waals surface area contributed by atoms with Gasteiger partial charge in [0.1, 0.15) is 30.2 Å². The fraction of sp³-hybridized carbons (Fsp3) is 0.429. The number of fused-ring (bicyclic) bond motifs is 1. The van der Waals surface area contributed by atoms with Crippen molar-refractivity contribution in [2.75, 3.05) is 6.61 Å². The van der Waals surface area contributed by atoms with E-state index >= 15 is 0 Å². The predicted octanol–water partition coefficient (Wildman–Crippen LogP) is -0.000000000000000278. The molecular weight excluding hydrogens is 314 g/mol. The van der Waals surface area contributed by atoms with Crippen LogP contribution in [-0.2, 0) is 4.74 Å². The summed E-state index contributed by atoms with van der Waals surface area (Å²) in [5, 5.41) is 39.9. The first-order chi connectivity index (χ1) is 10.5. The second-order valence-electron chi connectivity index (χ2n) is 5.16. The number of hydrogen-bond donors (Lipinski definition) is 5. The minimum atomic E-state index is -1.48. The number of aliphatic hydroxyl groups excluding tert-OH is 4. The molecule has 0 saturated carbocycles. The van der Waals surface area contributed by atoms with E-state index in [0.29, 0.717) is 10.8 Å². The summed E-state index contributed by atoms with van der Waals surface area (Å²) in [5.74, 6) is 0.399. The third kappa shape index (κ3) is 2.67. The maximum Gasteiger partial charge on any atom is 0.229 e. The number of aromatic nitrogens is 1. The van der Waals surface area contributed by atoms with E-state index in [-0.39, 0.29) is 0 Å². The van der Waals surface area contributed by atoms with Gasteiger partial charge < -0.3 is 34.9 Å². The minimum Gasteiger partial charge on any atom is -0.460 e. The van der Waals surface area contributed by atoms with Gasteiger partial charge >= 0.3 is 0 Å². The van der Waals surface area contributed by atoms with Crippen LogP contribution in [0.15, 0.2) is 24.4 Å². The van der Waals surface area contributed by atoms with Crippen LogP contribution < -0.4 is 4.74 Å². The Morgan fingerprint density at radius 1 is 1.18 bits per heavy atom. The number of benzene rings is 1. The van der Waals surface area contributed by atoms with Gasteiger partial charge in [-0.15, -0.1) is 0 Å². The summed E-state index contributed by atoms with van der Waals surface area (Å²) in [6.45, 7) is -0.506. The Morgan fingerprint density at radius 2 is 1.95 bits per heavy atom. The van der Waals surface area contributed by atoms with Crippen molar-refractivity contribution in [2.45, 2.75) is 30.7 Å². The average Bonchev–Trinajstić information content (AvgIpc) is 2.90. The molecule has 8 heteroatoms. The number of hydrogen-bond acceptors (Lipinski definition) is 6. The number of halogens is 1. The normalized spacial score (nSPS) is 32.3. The zero-order chi connectivity index (χ0) is 15.9. The van der Waals surface area contributed by atoms with Crippen molar-refractivity contribution >= 4 is 22.5 Å². The SMILES string of the molecule is OC[C@@H]1O[C@H](Oc2c[nH]c3cc(Cl)ccc23)[C@H](O)[C@H](O)[C@@H]1O. The molecule has 0 radical (unpaired) electrons. The molecule has 5 atom stereocenters. The molecule has 0 unspecified atom stereocenters. The topological polar surface area (TPSA) is 115 Å². The van der Waals surface area contributed by atoms with Gasteiger partial charge in [-0.1, -0.05) is 11.6 Å². The molecule has 0 spiro atoms. The first kappa shape index (κ1) is 15.5. The summed E-state index contributed by atoms with van der Waals surface area (Å²) in [6, 6.07) is 5.16. The molecule has 0 amide bonds. The summed E-state index contributed by atoms with van der Waals surface area (Å²) < 4.78 is 10.9. The highest BCUT2D eigenvalue weighted by Crippen LogP contribution is 2.31. The van der Waals surface area contributed by atoms with Gasteiger partial charge in [-0.25, -0.2) is 0 Å². The summed E-state index contributed by atoms with van der Waals surface area (Å²) >= 11 is 5.90. The summed E-state index contributed by atoms with van der Waals surface area (Å²) in [4.78, 5) is 2.97. The molecule has 3 rings (SSSR count). The van der Waals surface area contributed by atoms with Gasteiger partial charge in [0, 0.05) is 16.6 Å². The molecule has 2 heterocycles. The maximum absolute atomic E-state index is 9.96. The van der Waals surface area contributed by atoms with Crippen LogP contribution >= 0.6 is 11.6 Å². The van der Waals surface area contributed by atoms with E-state index < -0.39 is 37.3 Å². The fourth-order valence-corrected chi connectivity index (χ4v) is 2.63.